The molecule has 1 aromatic heterocycles. The Balaban J connectivity index is 1.85. The number of benzene rings is 1. The molecule has 0 aliphatic carbocycles. The third kappa shape index (κ3) is 2.59. The van der Waals surface area contributed by atoms with Crippen LogP contribution >= 0.6 is 11.6 Å². The Morgan fingerprint density at radius 2 is 1.88 bits per heavy atom. The van der Waals surface area contributed by atoms with Crippen LogP contribution in [0.2, 0.25) is 5.02 Å². The average molecular weight is 346 g/mol. The van der Waals surface area contributed by atoms with Gasteiger partial charge in [0.1, 0.15) is 5.54 Å². The van der Waals surface area contributed by atoms with Crippen LogP contribution in [0.5, 0.6) is 0 Å². The molecule has 1 aliphatic rings. The largest absolute Gasteiger partial charge is 0.348 e. The molecule has 2 heterocycles. The summed E-state index contributed by atoms with van der Waals surface area (Å²) in [6.07, 6.45) is 1.73. The topological polar surface area (TPSA) is 71.4 Å². The Labute approximate surface area is 144 Å². The van der Waals surface area contributed by atoms with Crippen molar-refractivity contribution in [2.45, 2.75) is 12.5 Å². The molecule has 1 saturated heterocycles. The SMILES string of the molecule is Cn1cccc1C(=O)CN1C(=O)N[C@@](C)(c2ccc(Cl)cc2)C1=O. The molecular weight excluding hydrogens is 330 g/mol. The minimum Gasteiger partial charge on any atom is -0.348 e. The summed E-state index contributed by atoms with van der Waals surface area (Å²) in [7, 11) is 1.73. The second kappa shape index (κ2) is 5.79. The zero-order valence-corrected chi connectivity index (χ0v) is 14.0. The third-order valence-electron chi connectivity index (χ3n) is 4.23. The number of halogens is 1. The van der Waals surface area contributed by atoms with Crippen molar-refractivity contribution < 1.29 is 14.4 Å². The van der Waals surface area contributed by atoms with Crippen molar-refractivity contribution in [1.29, 1.82) is 0 Å². The van der Waals surface area contributed by atoms with Crippen LogP contribution < -0.4 is 5.32 Å². The molecule has 0 spiro atoms. The molecule has 124 valence electrons. The lowest BCUT2D eigenvalue weighted by molar-refractivity contribution is -0.130. The highest BCUT2D eigenvalue weighted by Gasteiger charge is 2.49. The van der Waals surface area contributed by atoms with E-state index >= 15 is 0 Å². The number of hydrogen-bond acceptors (Lipinski definition) is 3. The highest BCUT2D eigenvalue weighted by molar-refractivity contribution is 6.30. The highest BCUT2D eigenvalue weighted by Crippen LogP contribution is 2.29. The smallest absolute Gasteiger partial charge is 0.325 e. The van der Waals surface area contributed by atoms with Crippen molar-refractivity contribution in [3.8, 4) is 0 Å². The van der Waals surface area contributed by atoms with E-state index in [1.54, 1.807) is 61.1 Å². The minimum atomic E-state index is -1.21. The summed E-state index contributed by atoms with van der Waals surface area (Å²) in [6, 6.07) is 9.47. The number of carbonyl (C=O) groups is 3. The molecule has 1 fully saturated rings. The lowest BCUT2D eigenvalue weighted by atomic mass is 9.92. The number of aryl methyl sites for hydroxylation is 1. The van der Waals surface area contributed by atoms with Gasteiger partial charge in [-0.1, -0.05) is 23.7 Å². The zero-order chi connectivity index (χ0) is 17.5. The molecule has 1 N–H and O–H groups in total. The van der Waals surface area contributed by atoms with Crippen LogP contribution in [0.15, 0.2) is 42.6 Å². The van der Waals surface area contributed by atoms with Crippen LogP contribution in [-0.4, -0.2) is 33.7 Å². The number of carbonyl (C=O) groups excluding carboxylic acids is 3. The van der Waals surface area contributed by atoms with Gasteiger partial charge in [-0.3, -0.25) is 14.5 Å². The molecule has 0 saturated carbocycles. The summed E-state index contributed by atoms with van der Waals surface area (Å²) in [6.45, 7) is 1.31. The second-order valence-electron chi connectivity index (χ2n) is 5.88. The van der Waals surface area contributed by atoms with Crippen molar-refractivity contribution in [2.24, 2.45) is 7.05 Å². The van der Waals surface area contributed by atoms with Crippen LogP contribution in [-0.2, 0) is 17.4 Å². The summed E-state index contributed by atoms with van der Waals surface area (Å²) in [5.74, 6) is -0.760. The summed E-state index contributed by atoms with van der Waals surface area (Å²) in [5, 5.41) is 3.20. The summed E-state index contributed by atoms with van der Waals surface area (Å²) >= 11 is 5.87. The molecule has 7 heteroatoms. The van der Waals surface area contributed by atoms with Crippen molar-refractivity contribution in [1.82, 2.24) is 14.8 Å². The molecule has 3 rings (SSSR count). The van der Waals surface area contributed by atoms with Crippen molar-refractivity contribution in [3.63, 3.8) is 0 Å². The maximum atomic E-state index is 12.8. The van der Waals surface area contributed by atoms with Crippen LogP contribution in [0.4, 0.5) is 4.79 Å². The van der Waals surface area contributed by atoms with Crippen molar-refractivity contribution in [3.05, 3.63) is 58.9 Å². The van der Waals surface area contributed by atoms with Crippen LogP contribution in [0.1, 0.15) is 23.0 Å². The normalized spacial score (nSPS) is 20.4. The Bertz CT molecular complexity index is 828. The molecule has 0 bridgehead atoms. The van der Waals surface area contributed by atoms with Crippen LogP contribution in [0.25, 0.3) is 0 Å². The van der Waals surface area contributed by atoms with E-state index in [1.807, 2.05) is 0 Å². The van der Waals surface area contributed by atoms with Crippen LogP contribution in [0, 0.1) is 0 Å². The minimum absolute atomic E-state index is 0.300. The highest BCUT2D eigenvalue weighted by atomic mass is 35.5. The van der Waals surface area contributed by atoms with Gasteiger partial charge >= 0.3 is 6.03 Å². The van der Waals surface area contributed by atoms with E-state index in [-0.39, 0.29) is 12.3 Å². The van der Waals surface area contributed by atoms with Gasteiger partial charge in [0.25, 0.3) is 5.91 Å². The van der Waals surface area contributed by atoms with E-state index in [0.717, 1.165) is 4.90 Å². The number of amides is 3. The Morgan fingerprint density at radius 1 is 1.21 bits per heavy atom. The van der Waals surface area contributed by atoms with Crippen molar-refractivity contribution in [2.75, 3.05) is 6.54 Å². The number of nitrogens with zero attached hydrogens (tertiary/aromatic N) is 2. The first-order valence-corrected chi connectivity index (χ1v) is 7.75. The van der Waals surface area contributed by atoms with Gasteiger partial charge < -0.3 is 9.88 Å². The fraction of sp³-hybridized carbons (Fsp3) is 0.235. The monoisotopic (exact) mass is 345 g/mol. The first-order valence-electron chi connectivity index (χ1n) is 7.37. The van der Waals surface area contributed by atoms with E-state index in [9.17, 15) is 14.4 Å². The number of urea groups is 1. The molecule has 6 nitrogen and oxygen atoms in total. The van der Waals surface area contributed by atoms with E-state index in [1.165, 1.54) is 0 Å². The number of hydrogen-bond donors (Lipinski definition) is 1. The summed E-state index contributed by atoms with van der Waals surface area (Å²) < 4.78 is 1.65. The average Bonchev–Trinajstić information content (AvgIpc) is 3.05. The number of Topliss-reactive ketones (excluding diaryl/α,β-unsaturated/α-hetero) is 1. The Kier molecular flexibility index (Phi) is 3.93. The quantitative estimate of drug-likeness (QED) is 0.683. The van der Waals surface area contributed by atoms with Gasteiger partial charge in [-0.2, -0.15) is 0 Å². The molecule has 3 amide bonds. The van der Waals surface area contributed by atoms with Gasteiger partial charge in [-0.05, 0) is 36.8 Å². The predicted molar refractivity (Wildman–Crippen MR) is 88.8 cm³/mol. The molecule has 0 unspecified atom stereocenters. The lowest BCUT2D eigenvalue weighted by Gasteiger charge is -2.22. The Hall–Kier alpha value is -2.60. The maximum absolute atomic E-state index is 12.8. The molecule has 0 radical (unpaired) electrons. The molecule has 1 aromatic carbocycles. The summed E-state index contributed by atoms with van der Waals surface area (Å²) in [5.41, 5.74) is -0.161. The molecule has 1 aliphatic heterocycles. The van der Waals surface area contributed by atoms with E-state index in [4.69, 9.17) is 11.6 Å². The number of imide groups is 1. The molecular formula is C17H16ClN3O3. The standard InChI is InChI=1S/C17H16ClN3O3/c1-17(11-5-7-12(18)8-6-11)15(23)21(16(24)19-17)10-14(22)13-4-3-9-20(13)2/h3-9H,10H2,1-2H3,(H,19,24)/t17-/m0/s1. The lowest BCUT2D eigenvalue weighted by Crippen LogP contribution is -2.41. The number of nitrogens with one attached hydrogen (secondary N) is 1. The third-order valence-corrected chi connectivity index (χ3v) is 4.48. The van der Waals surface area contributed by atoms with Gasteiger partial charge in [-0.15, -0.1) is 0 Å². The maximum Gasteiger partial charge on any atom is 0.325 e. The van der Waals surface area contributed by atoms with E-state index in [0.29, 0.717) is 16.3 Å². The first kappa shape index (κ1) is 16.3. The molecule has 24 heavy (non-hydrogen) atoms. The molecule has 2 aromatic rings. The first-order chi connectivity index (χ1) is 11.3. The van der Waals surface area contributed by atoms with Gasteiger partial charge in [0, 0.05) is 18.3 Å². The van der Waals surface area contributed by atoms with E-state index < -0.39 is 17.5 Å². The number of aromatic nitrogens is 1. The van der Waals surface area contributed by atoms with Gasteiger partial charge in [0.05, 0.1) is 12.2 Å². The van der Waals surface area contributed by atoms with E-state index in [2.05, 4.69) is 5.32 Å². The van der Waals surface area contributed by atoms with Crippen LogP contribution in [0.3, 0.4) is 0 Å². The second-order valence-corrected chi connectivity index (χ2v) is 6.32. The molecule has 1 atom stereocenters. The fourth-order valence-electron chi connectivity index (χ4n) is 2.79. The van der Waals surface area contributed by atoms with Crippen molar-refractivity contribution >= 4 is 29.3 Å². The van der Waals surface area contributed by atoms with Gasteiger partial charge in [0.2, 0.25) is 0 Å². The zero-order valence-electron chi connectivity index (χ0n) is 13.2. The van der Waals surface area contributed by atoms with Gasteiger partial charge in [0.15, 0.2) is 5.78 Å². The van der Waals surface area contributed by atoms with Gasteiger partial charge in [-0.25, -0.2) is 4.79 Å². The predicted octanol–water partition coefficient (Wildman–Crippen LogP) is 2.33. The summed E-state index contributed by atoms with van der Waals surface area (Å²) in [4.78, 5) is 38.3. The Morgan fingerprint density at radius 3 is 2.46 bits per heavy atom. The fourth-order valence-corrected chi connectivity index (χ4v) is 2.92. The number of ketones is 1. The number of rotatable bonds is 4.